The number of hydrogen-bond acceptors (Lipinski definition) is 10. The van der Waals surface area contributed by atoms with Gasteiger partial charge in [-0.1, -0.05) is 78.9 Å². The molecule has 12 nitrogen and oxygen atoms in total. The van der Waals surface area contributed by atoms with E-state index in [0.717, 1.165) is 64.8 Å². The van der Waals surface area contributed by atoms with E-state index in [-0.39, 0.29) is 44.8 Å². The Labute approximate surface area is 379 Å². The predicted molar refractivity (Wildman–Crippen MR) is 253 cm³/mol. The number of carbonyl (C=O) groups excluding carboxylic acids is 4. The summed E-state index contributed by atoms with van der Waals surface area (Å²) in [6.45, 7) is 3.10. The fraction of sp³-hybridized carbons (Fsp3) is 0.259. The molecule has 0 unspecified atom stereocenters. The maximum Gasteiger partial charge on any atom is 0.261 e. The molecule has 2 aliphatic rings. The van der Waals surface area contributed by atoms with Crippen molar-refractivity contribution in [1.29, 1.82) is 0 Å². The van der Waals surface area contributed by atoms with Crippen LogP contribution in [0.3, 0.4) is 0 Å². The summed E-state index contributed by atoms with van der Waals surface area (Å²) in [5, 5.41) is 12.8. The monoisotopic (exact) mass is 882 g/mol. The predicted octanol–water partition coefficient (Wildman–Crippen LogP) is 8.75. The maximum atomic E-state index is 14.6. The van der Waals surface area contributed by atoms with Gasteiger partial charge in [-0.15, -0.1) is 0 Å². The lowest BCUT2D eigenvalue weighted by molar-refractivity contribution is -0.0221. The number of amides is 4. The Morgan fingerprint density at radius 1 is 0.394 bits per heavy atom. The molecule has 2 heterocycles. The highest BCUT2D eigenvalue weighted by molar-refractivity contribution is 6.41. The van der Waals surface area contributed by atoms with E-state index in [9.17, 15) is 19.2 Å². The standard InChI is InChI=1S/C54H46N2O10/c1-61-20-22-63-24-26-65-29-35(30-66-27-25-64-23-21-62-2)56-53(59)43-18-14-39-37-12-16-41-49-42(17-13-38(47(37)49)40-15-19-44(54(56)60)50(43)48(39)40)52(58)55(51(41)57)28-34-9-8-33-7-6-31-4-3-5-32-10-11-36(34)46(33)45(31)32/h3-19,35H,20-30H2,1-2H3. The van der Waals surface area contributed by atoms with Gasteiger partial charge >= 0.3 is 0 Å². The first-order valence-corrected chi connectivity index (χ1v) is 22.3. The molecule has 0 aliphatic carbocycles. The van der Waals surface area contributed by atoms with Gasteiger partial charge in [-0.05, 0) is 94.5 Å². The van der Waals surface area contributed by atoms with Crippen LogP contribution in [0.15, 0.2) is 103 Å². The number of ether oxygens (including phenoxy) is 6. The lowest BCUT2D eigenvalue weighted by Crippen LogP contribution is -2.51. The zero-order valence-corrected chi connectivity index (χ0v) is 36.6. The summed E-state index contributed by atoms with van der Waals surface area (Å²) in [5.74, 6) is -1.60. The first-order chi connectivity index (χ1) is 32.4. The minimum atomic E-state index is -0.737. The topological polar surface area (TPSA) is 130 Å². The third-order valence-electron chi connectivity index (χ3n) is 13.3. The van der Waals surface area contributed by atoms with Gasteiger partial charge in [0, 0.05) is 47.2 Å². The number of rotatable bonds is 19. The van der Waals surface area contributed by atoms with E-state index in [0.29, 0.717) is 72.7 Å². The van der Waals surface area contributed by atoms with Crippen LogP contribution in [-0.2, 0) is 35.0 Å². The molecule has 0 saturated carbocycles. The summed E-state index contributed by atoms with van der Waals surface area (Å²) in [6, 6.07) is 32.9. The molecule has 11 rings (SSSR count). The molecule has 2 aliphatic heterocycles. The van der Waals surface area contributed by atoms with Crippen LogP contribution < -0.4 is 0 Å². The Balaban J connectivity index is 0.932. The van der Waals surface area contributed by atoms with Gasteiger partial charge in [-0.2, -0.15) is 0 Å². The van der Waals surface area contributed by atoms with E-state index in [2.05, 4.69) is 48.5 Å². The average Bonchev–Trinajstić information content (AvgIpc) is 3.34. The molecule has 0 spiro atoms. The van der Waals surface area contributed by atoms with Crippen LogP contribution in [0, 0.1) is 0 Å². The van der Waals surface area contributed by atoms with Crippen molar-refractivity contribution in [2.24, 2.45) is 0 Å². The van der Waals surface area contributed by atoms with Crippen LogP contribution >= 0.6 is 0 Å². The van der Waals surface area contributed by atoms with E-state index in [1.165, 1.54) is 15.2 Å². The van der Waals surface area contributed by atoms with E-state index in [1.54, 1.807) is 26.4 Å². The van der Waals surface area contributed by atoms with E-state index < -0.39 is 17.9 Å². The molecule has 0 fully saturated rings. The number of imide groups is 2. The van der Waals surface area contributed by atoms with Crippen molar-refractivity contribution in [1.82, 2.24) is 9.80 Å². The van der Waals surface area contributed by atoms with Crippen LogP contribution in [0.4, 0.5) is 0 Å². The molecular weight excluding hydrogens is 837 g/mol. The summed E-state index contributed by atoms with van der Waals surface area (Å²) >= 11 is 0. The van der Waals surface area contributed by atoms with Gasteiger partial charge < -0.3 is 28.4 Å². The van der Waals surface area contributed by atoms with Crippen molar-refractivity contribution in [2.45, 2.75) is 12.6 Å². The molecule has 0 N–H and O–H groups in total. The van der Waals surface area contributed by atoms with Crippen molar-refractivity contribution < 1.29 is 47.6 Å². The van der Waals surface area contributed by atoms with Gasteiger partial charge in [0.15, 0.2) is 0 Å². The number of hydrogen-bond donors (Lipinski definition) is 0. The van der Waals surface area contributed by atoms with Gasteiger partial charge in [0.2, 0.25) is 0 Å². The quantitative estimate of drug-likeness (QED) is 0.0337. The molecule has 0 atom stereocenters. The van der Waals surface area contributed by atoms with Crippen molar-refractivity contribution in [2.75, 3.05) is 80.3 Å². The number of fused-ring (bicyclic) bond motifs is 2. The molecule has 66 heavy (non-hydrogen) atoms. The minimum absolute atomic E-state index is 0.0394. The first-order valence-electron chi connectivity index (χ1n) is 22.3. The summed E-state index contributed by atoms with van der Waals surface area (Å²) in [4.78, 5) is 61.0. The number of carbonyl (C=O) groups is 4. The van der Waals surface area contributed by atoms with Crippen LogP contribution in [0.25, 0.3) is 75.4 Å². The zero-order valence-electron chi connectivity index (χ0n) is 36.6. The highest BCUT2D eigenvalue weighted by Crippen LogP contribution is 2.47. The van der Waals surface area contributed by atoms with E-state index >= 15 is 0 Å². The number of nitrogens with zero attached hydrogens (tertiary/aromatic N) is 2. The molecule has 0 radical (unpaired) electrons. The van der Waals surface area contributed by atoms with Crippen LogP contribution in [-0.4, -0.2) is 120 Å². The van der Waals surface area contributed by atoms with E-state index in [1.807, 2.05) is 42.5 Å². The van der Waals surface area contributed by atoms with Gasteiger partial charge in [0.25, 0.3) is 23.6 Å². The second-order valence-corrected chi connectivity index (χ2v) is 16.9. The molecule has 0 bridgehead atoms. The lowest BCUT2D eigenvalue weighted by Gasteiger charge is -2.34. The third-order valence-corrected chi connectivity index (χ3v) is 13.3. The van der Waals surface area contributed by atoms with Crippen LogP contribution in [0.1, 0.15) is 47.0 Å². The highest BCUT2D eigenvalue weighted by atomic mass is 16.5. The summed E-state index contributed by atoms with van der Waals surface area (Å²) in [7, 11) is 3.21. The fourth-order valence-corrected chi connectivity index (χ4v) is 10.3. The molecule has 4 amide bonds. The van der Waals surface area contributed by atoms with Crippen LogP contribution in [0.5, 0.6) is 0 Å². The highest BCUT2D eigenvalue weighted by Gasteiger charge is 2.40. The Morgan fingerprint density at radius 2 is 0.803 bits per heavy atom. The lowest BCUT2D eigenvalue weighted by atomic mass is 9.82. The Bertz CT molecular complexity index is 3250. The third kappa shape index (κ3) is 6.74. The Hall–Kier alpha value is -6.64. The SMILES string of the molecule is COCCOCCOCC(COCCOCCOC)N1C(=O)c2ccc3c4ccc5c6c(ccc(c7ccc(c2c37)C1=O)c64)C(=O)N(Cc1ccc2ccc3cccc4ccc1c2c34)C5=O. The maximum absolute atomic E-state index is 14.6. The summed E-state index contributed by atoms with van der Waals surface area (Å²) in [5.41, 5.74) is 2.59. The largest absolute Gasteiger partial charge is 0.382 e. The normalized spacial score (nSPS) is 14.2. The Kier molecular flexibility index (Phi) is 11.0. The van der Waals surface area contributed by atoms with Gasteiger partial charge in [-0.3, -0.25) is 29.0 Å². The zero-order chi connectivity index (χ0) is 45.1. The molecule has 0 aromatic heterocycles. The van der Waals surface area contributed by atoms with Gasteiger partial charge in [-0.25, -0.2) is 0 Å². The smallest absolute Gasteiger partial charge is 0.261 e. The molecular formula is C54H46N2O10. The van der Waals surface area contributed by atoms with Crippen LogP contribution in [0.2, 0.25) is 0 Å². The molecule has 0 saturated heterocycles. The van der Waals surface area contributed by atoms with Gasteiger partial charge in [0.1, 0.15) is 0 Å². The molecule has 9 aromatic carbocycles. The summed E-state index contributed by atoms with van der Waals surface area (Å²) in [6.07, 6.45) is 0. The molecule has 12 heteroatoms. The molecule has 9 aromatic rings. The second-order valence-electron chi connectivity index (χ2n) is 16.9. The van der Waals surface area contributed by atoms with Gasteiger partial charge in [0.05, 0.1) is 78.7 Å². The minimum Gasteiger partial charge on any atom is -0.382 e. The van der Waals surface area contributed by atoms with Crippen molar-refractivity contribution in [3.8, 4) is 0 Å². The fourth-order valence-electron chi connectivity index (χ4n) is 10.3. The number of methoxy groups -OCH3 is 2. The second kappa shape index (κ2) is 17.3. The van der Waals surface area contributed by atoms with E-state index in [4.69, 9.17) is 28.4 Å². The first kappa shape index (κ1) is 42.0. The van der Waals surface area contributed by atoms with Crippen molar-refractivity contribution >= 4 is 99.0 Å². The summed E-state index contributed by atoms with van der Waals surface area (Å²) < 4.78 is 33.1. The number of benzene rings is 9. The van der Waals surface area contributed by atoms with Crippen molar-refractivity contribution in [3.63, 3.8) is 0 Å². The molecule has 332 valence electrons. The average molecular weight is 883 g/mol. The Morgan fingerprint density at radius 3 is 1.30 bits per heavy atom. The van der Waals surface area contributed by atoms with Crippen molar-refractivity contribution in [3.05, 3.63) is 131 Å².